The third kappa shape index (κ3) is 3.50. The maximum absolute atomic E-state index is 14.4. The third-order valence-electron chi connectivity index (χ3n) is 3.75. The number of aromatic nitrogens is 3. The lowest BCUT2D eigenvalue weighted by Crippen LogP contribution is -2.33. The molecule has 1 aromatic carbocycles. The van der Waals surface area contributed by atoms with Crippen molar-refractivity contribution in [2.24, 2.45) is 0 Å². The molecule has 7 heteroatoms. The lowest BCUT2D eigenvalue weighted by molar-refractivity contribution is 0.0746. The Kier molecular flexibility index (Phi) is 4.74. The minimum atomic E-state index is -0.788. The molecule has 0 fully saturated rings. The van der Waals surface area contributed by atoms with Crippen LogP contribution in [0.3, 0.4) is 0 Å². The van der Waals surface area contributed by atoms with Gasteiger partial charge in [0.1, 0.15) is 17.3 Å². The van der Waals surface area contributed by atoms with Crippen molar-refractivity contribution in [1.29, 1.82) is 0 Å². The van der Waals surface area contributed by atoms with Crippen molar-refractivity contribution < 1.29 is 13.6 Å². The fourth-order valence-electron chi connectivity index (χ4n) is 2.58. The number of hydrogen-bond donors (Lipinski definition) is 0. The molecule has 0 aliphatic rings. The van der Waals surface area contributed by atoms with E-state index in [-0.39, 0.29) is 11.3 Å². The first-order valence-electron chi connectivity index (χ1n) is 7.46. The smallest absolute Gasteiger partial charge is 0.274 e. The molecule has 0 unspecified atom stereocenters. The summed E-state index contributed by atoms with van der Waals surface area (Å²) in [4.78, 5) is 25.9. The first kappa shape index (κ1) is 16.6. The van der Waals surface area contributed by atoms with Gasteiger partial charge < -0.3 is 4.90 Å². The Morgan fingerprint density at radius 3 is 2.52 bits per heavy atom. The average molecular weight is 340 g/mol. The quantitative estimate of drug-likeness (QED) is 0.732. The van der Waals surface area contributed by atoms with Gasteiger partial charge in [-0.15, -0.1) is 0 Å². The third-order valence-corrected chi connectivity index (χ3v) is 3.75. The second-order valence-electron chi connectivity index (χ2n) is 5.36. The Bertz CT molecular complexity index is 875. The highest BCUT2D eigenvalue weighted by atomic mass is 19.1. The predicted molar refractivity (Wildman–Crippen MR) is 86.6 cm³/mol. The van der Waals surface area contributed by atoms with Crippen LogP contribution in [0.25, 0.3) is 0 Å². The highest BCUT2D eigenvalue weighted by Crippen LogP contribution is 2.30. The Hall–Kier alpha value is -3.22. The molecule has 0 bridgehead atoms. The molecule has 0 N–H and O–H groups in total. The summed E-state index contributed by atoms with van der Waals surface area (Å²) in [5.74, 6) is -1.87. The van der Waals surface area contributed by atoms with Crippen LogP contribution in [0, 0.1) is 11.6 Å². The zero-order valence-electron chi connectivity index (χ0n) is 13.3. The van der Waals surface area contributed by atoms with Gasteiger partial charge in [0.05, 0.1) is 12.2 Å². The van der Waals surface area contributed by atoms with Crippen molar-refractivity contribution in [1.82, 2.24) is 19.9 Å². The summed E-state index contributed by atoms with van der Waals surface area (Å²) in [6, 6.07) is 5.89. The van der Waals surface area contributed by atoms with Gasteiger partial charge in [0.25, 0.3) is 5.91 Å². The minimum absolute atomic E-state index is 0.126. The normalized spacial score (nSPS) is 11.8. The minimum Gasteiger partial charge on any atom is -0.329 e. The molecule has 0 aliphatic heterocycles. The largest absolute Gasteiger partial charge is 0.329 e. The predicted octanol–water partition coefficient (Wildman–Crippen LogP) is 3.01. The number of hydrogen-bond acceptors (Lipinski definition) is 4. The van der Waals surface area contributed by atoms with Crippen LogP contribution in [0.5, 0.6) is 0 Å². The Labute approximate surface area is 143 Å². The highest BCUT2D eigenvalue weighted by Gasteiger charge is 2.28. The zero-order valence-corrected chi connectivity index (χ0v) is 13.3. The first-order chi connectivity index (χ1) is 12.1. The molecule has 126 valence electrons. The Balaban J connectivity index is 2.07. The van der Waals surface area contributed by atoms with Crippen molar-refractivity contribution in [2.75, 3.05) is 7.05 Å². The van der Waals surface area contributed by atoms with Crippen molar-refractivity contribution >= 4 is 5.91 Å². The van der Waals surface area contributed by atoms with Crippen molar-refractivity contribution in [3.05, 3.63) is 89.8 Å². The molecule has 0 radical (unpaired) electrons. The summed E-state index contributed by atoms with van der Waals surface area (Å²) in [6.45, 7) is 0. The van der Waals surface area contributed by atoms with Crippen LogP contribution in [0.2, 0.25) is 0 Å². The van der Waals surface area contributed by atoms with Crippen molar-refractivity contribution in [3.63, 3.8) is 0 Å². The van der Waals surface area contributed by atoms with Crippen LogP contribution >= 0.6 is 0 Å². The summed E-state index contributed by atoms with van der Waals surface area (Å²) in [6.07, 6.45) is 7.30. The molecule has 3 rings (SSSR count). The summed E-state index contributed by atoms with van der Waals surface area (Å²) in [5, 5.41) is 0. The maximum Gasteiger partial charge on any atom is 0.274 e. The topological polar surface area (TPSA) is 59.0 Å². The van der Waals surface area contributed by atoms with E-state index in [4.69, 9.17) is 0 Å². The van der Waals surface area contributed by atoms with Crippen LogP contribution in [0.1, 0.15) is 27.7 Å². The highest BCUT2D eigenvalue weighted by molar-refractivity contribution is 5.92. The average Bonchev–Trinajstić information content (AvgIpc) is 2.64. The van der Waals surface area contributed by atoms with E-state index in [1.807, 2.05) is 0 Å². The zero-order chi connectivity index (χ0) is 17.8. The van der Waals surface area contributed by atoms with Gasteiger partial charge in [0.15, 0.2) is 0 Å². The summed E-state index contributed by atoms with van der Waals surface area (Å²) in [5.41, 5.74) is 0.878. The first-order valence-corrected chi connectivity index (χ1v) is 7.46. The molecular weight excluding hydrogens is 326 g/mol. The number of rotatable bonds is 4. The molecular formula is C18H14F2N4O. The second-order valence-corrected chi connectivity index (χ2v) is 5.36. The van der Waals surface area contributed by atoms with E-state index < -0.39 is 23.6 Å². The molecule has 2 aromatic heterocycles. The van der Waals surface area contributed by atoms with E-state index in [0.717, 1.165) is 12.1 Å². The van der Waals surface area contributed by atoms with Crippen LogP contribution in [-0.2, 0) is 0 Å². The summed E-state index contributed by atoms with van der Waals surface area (Å²) in [7, 11) is 1.53. The number of nitrogens with zero attached hydrogens (tertiary/aromatic N) is 4. The molecule has 3 aromatic rings. The number of benzene rings is 1. The molecule has 1 atom stereocenters. The van der Waals surface area contributed by atoms with Gasteiger partial charge in [-0.25, -0.2) is 13.8 Å². The lowest BCUT2D eigenvalue weighted by Gasteiger charge is -2.29. The van der Waals surface area contributed by atoms with E-state index in [0.29, 0.717) is 5.56 Å². The number of halogens is 2. The van der Waals surface area contributed by atoms with E-state index in [9.17, 15) is 13.6 Å². The van der Waals surface area contributed by atoms with Gasteiger partial charge in [-0.1, -0.05) is 12.1 Å². The van der Waals surface area contributed by atoms with Crippen LogP contribution in [0.4, 0.5) is 8.78 Å². The second kappa shape index (κ2) is 7.12. The monoisotopic (exact) mass is 340 g/mol. The number of carbonyl (C=O) groups excluding carboxylic acids is 1. The van der Waals surface area contributed by atoms with E-state index >= 15 is 0 Å². The maximum atomic E-state index is 14.4. The van der Waals surface area contributed by atoms with Gasteiger partial charge in [0.2, 0.25) is 0 Å². The van der Waals surface area contributed by atoms with E-state index in [1.54, 1.807) is 18.3 Å². The molecule has 0 spiro atoms. The van der Waals surface area contributed by atoms with E-state index in [2.05, 4.69) is 15.0 Å². The Morgan fingerprint density at radius 1 is 1.08 bits per heavy atom. The summed E-state index contributed by atoms with van der Waals surface area (Å²) >= 11 is 0. The fourth-order valence-corrected chi connectivity index (χ4v) is 2.58. The van der Waals surface area contributed by atoms with Gasteiger partial charge in [0, 0.05) is 43.5 Å². The van der Waals surface area contributed by atoms with Crippen LogP contribution in [0.15, 0.2) is 61.3 Å². The number of amides is 1. The Morgan fingerprint density at radius 2 is 1.88 bits per heavy atom. The molecule has 25 heavy (non-hydrogen) atoms. The lowest BCUT2D eigenvalue weighted by atomic mass is 9.98. The van der Waals surface area contributed by atoms with Gasteiger partial charge in [-0.05, 0) is 17.7 Å². The SMILES string of the molecule is CN(C(=O)c1cnccn1)[C@@H](c1cccnc1)c1ccc(F)cc1F. The molecule has 0 saturated carbocycles. The van der Waals surface area contributed by atoms with Gasteiger partial charge in [-0.3, -0.25) is 14.8 Å². The molecule has 0 aliphatic carbocycles. The standard InChI is InChI=1S/C18H14F2N4O/c1-24(18(25)16-11-22-7-8-23-16)17(12-3-2-6-21-10-12)14-5-4-13(19)9-15(14)20/h2-11,17H,1H3/t17-/m0/s1. The fraction of sp³-hybridized carbons (Fsp3) is 0.111. The van der Waals surface area contributed by atoms with Crippen molar-refractivity contribution in [2.45, 2.75) is 6.04 Å². The number of carbonyl (C=O) groups is 1. The van der Waals surface area contributed by atoms with E-state index in [1.165, 1.54) is 42.8 Å². The van der Waals surface area contributed by atoms with Crippen LogP contribution < -0.4 is 0 Å². The molecule has 1 amide bonds. The molecule has 2 heterocycles. The van der Waals surface area contributed by atoms with Crippen LogP contribution in [-0.4, -0.2) is 32.8 Å². The van der Waals surface area contributed by atoms with Gasteiger partial charge >= 0.3 is 0 Å². The summed E-state index contributed by atoms with van der Waals surface area (Å²) < 4.78 is 27.7. The number of pyridine rings is 1. The molecule has 5 nitrogen and oxygen atoms in total. The van der Waals surface area contributed by atoms with Crippen molar-refractivity contribution in [3.8, 4) is 0 Å². The molecule has 0 saturated heterocycles. The van der Waals surface area contributed by atoms with Gasteiger partial charge in [-0.2, -0.15) is 0 Å².